The molecule has 0 radical (unpaired) electrons. The second-order valence-corrected chi connectivity index (χ2v) is 6.12. The lowest BCUT2D eigenvalue weighted by Crippen LogP contribution is -2.32. The summed E-state index contributed by atoms with van der Waals surface area (Å²) in [5.41, 5.74) is 7.01. The maximum atomic E-state index is 12.6. The summed E-state index contributed by atoms with van der Waals surface area (Å²) >= 11 is 0. The van der Waals surface area contributed by atoms with E-state index in [1.807, 2.05) is 20.8 Å². The van der Waals surface area contributed by atoms with Gasteiger partial charge in [-0.2, -0.15) is 4.31 Å². The number of hydrogen-bond acceptors (Lipinski definition) is 3. The molecular formula is C13H22N2O2S. The van der Waals surface area contributed by atoms with Crippen molar-refractivity contribution < 1.29 is 8.42 Å². The first-order valence-corrected chi connectivity index (χ1v) is 7.79. The van der Waals surface area contributed by atoms with Crippen LogP contribution in [0.1, 0.15) is 32.8 Å². The Morgan fingerprint density at radius 3 is 2.39 bits per heavy atom. The minimum Gasteiger partial charge on any atom is -0.399 e. The van der Waals surface area contributed by atoms with Crippen molar-refractivity contribution in [1.82, 2.24) is 4.31 Å². The van der Waals surface area contributed by atoms with Gasteiger partial charge in [-0.25, -0.2) is 8.42 Å². The third-order valence-corrected chi connectivity index (χ3v) is 4.97. The van der Waals surface area contributed by atoms with E-state index < -0.39 is 10.0 Å². The molecule has 0 saturated carbocycles. The van der Waals surface area contributed by atoms with Crippen molar-refractivity contribution in [2.45, 2.75) is 38.5 Å². The summed E-state index contributed by atoms with van der Waals surface area (Å²) in [6, 6.07) is 5.10. The van der Waals surface area contributed by atoms with E-state index in [0.717, 1.165) is 12.0 Å². The molecule has 4 nitrogen and oxygen atoms in total. The molecule has 0 amide bonds. The van der Waals surface area contributed by atoms with Gasteiger partial charge in [0.15, 0.2) is 0 Å². The Morgan fingerprint density at radius 1 is 1.22 bits per heavy atom. The van der Waals surface area contributed by atoms with E-state index >= 15 is 0 Å². The average molecular weight is 270 g/mol. The highest BCUT2D eigenvalue weighted by atomic mass is 32.2. The molecule has 0 atom stereocenters. The number of hydrogen-bond donors (Lipinski definition) is 1. The Labute approximate surface area is 110 Å². The topological polar surface area (TPSA) is 63.4 Å². The van der Waals surface area contributed by atoms with E-state index in [0.29, 0.717) is 30.1 Å². The molecule has 102 valence electrons. The molecule has 0 aliphatic rings. The fraction of sp³-hybridized carbons (Fsp3) is 0.538. The second kappa shape index (κ2) is 6.20. The number of nitrogen functional groups attached to an aromatic ring is 1. The van der Waals surface area contributed by atoms with Crippen molar-refractivity contribution in [3.63, 3.8) is 0 Å². The molecule has 2 N–H and O–H groups in total. The lowest BCUT2D eigenvalue weighted by atomic mass is 10.1. The van der Waals surface area contributed by atoms with Crippen LogP contribution >= 0.6 is 0 Å². The van der Waals surface area contributed by atoms with Crippen molar-refractivity contribution in [2.24, 2.45) is 0 Å². The average Bonchev–Trinajstić information content (AvgIpc) is 2.35. The fourth-order valence-corrected chi connectivity index (χ4v) is 3.81. The Morgan fingerprint density at radius 2 is 1.89 bits per heavy atom. The molecule has 0 spiro atoms. The number of nitrogens with zero attached hydrogens (tertiary/aromatic N) is 1. The zero-order chi connectivity index (χ0) is 13.8. The Balaban J connectivity index is 3.30. The summed E-state index contributed by atoms with van der Waals surface area (Å²) in [7, 11) is -3.43. The lowest BCUT2D eigenvalue weighted by Gasteiger charge is -2.21. The van der Waals surface area contributed by atoms with E-state index in [9.17, 15) is 8.42 Å². The molecule has 18 heavy (non-hydrogen) atoms. The maximum Gasteiger partial charge on any atom is 0.243 e. The number of benzene rings is 1. The Kier molecular flexibility index (Phi) is 5.16. The molecule has 0 aromatic heterocycles. The number of aryl methyl sites for hydroxylation is 1. The van der Waals surface area contributed by atoms with Gasteiger partial charge in [0.05, 0.1) is 4.90 Å². The van der Waals surface area contributed by atoms with Gasteiger partial charge in [-0.05, 0) is 30.5 Å². The van der Waals surface area contributed by atoms with E-state index in [-0.39, 0.29) is 0 Å². The lowest BCUT2D eigenvalue weighted by molar-refractivity contribution is 0.426. The third kappa shape index (κ3) is 3.03. The molecule has 0 aliphatic carbocycles. The molecular weight excluding hydrogens is 248 g/mol. The molecule has 0 bridgehead atoms. The van der Waals surface area contributed by atoms with E-state index in [1.54, 1.807) is 18.2 Å². The summed E-state index contributed by atoms with van der Waals surface area (Å²) in [4.78, 5) is 0.348. The van der Waals surface area contributed by atoms with Crippen LogP contribution in [0, 0.1) is 0 Å². The van der Waals surface area contributed by atoms with Gasteiger partial charge in [-0.3, -0.25) is 0 Å². The highest BCUT2D eigenvalue weighted by Gasteiger charge is 2.24. The van der Waals surface area contributed by atoms with Crippen molar-refractivity contribution >= 4 is 15.7 Å². The molecule has 5 heteroatoms. The monoisotopic (exact) mass is 270 g/mol. The zero-order valence-corrected chi connectivity index (χ0v) is 12.1. The highest BCUT2D eigenvalue weighted by Crippen LogP contribution is 2.23. The van der Waals surface area contributed by atoms with Crippen LogP contribution in [0.3, 0.4) is 0 Å². The molecule has 1 rings (SSSR count). The first kappa shape index (κ1) is 15.0. The zero-order valence-electron chi connectivity index (χ0n) is 11.3. The maximum absolute atomic E-state index is 12.6. The van der Waals surface area contributed by atoms with Gasteiger partial charge in [-0.15, -0.1) is 0 Å². The van der Waals surface area contributed by atoms with Crippen molar-refractivity contribution in [3.8, 4) is 0 Å². The van der Waals surface area contributed by atoms with Crippen molar-refractivity contribution in [1.29, 1.82) is 0 Å². The first-order valence-electron chi connectivity index (χ1n) is 6.35. The van der Waals surface area contributed by atoms with Crippen LogP contribution in [0.2, 0.25) is 0 Å². The summed E-state index contributed by atoms with van der Waals surface area (Å²) in [6.45, 7) is 6.79. The second-order valence-electron chi connectivity index (χ2n) is 4.22. The molecule has 0 heterocycles. The Bertz CT molecular complexity index is 498. The quantitative estimate of drug-likeness (QED) is 0.806. The standard InChI is InChI=1S/C13H22N2O2S/c1-4-9-15(6-3)18(16,17)13-10-12(14)8-7-11(13)5-2/h7-8,10H,4-6,9,14H2,1-3H3. The summed E-state index contributed by atoms with van der Waals surface area (Å²) in [5.74, 6) is 0. The van der Waals surface area contributed by atoms with Crippen LogP contribution in [-0.4, -0.2) is 25.8 Å². The molecule has 0 saturated heterocycles. The number of rotatable bonds is 6. The van der Waals surface area contributed by atoms with E-state index in [1.165, 1.54) is 4.31 Å². The van der Waals surface area contributed by atoms with Crippen LogP contribution in [0.15, 0.2) is 23.1 Å². The van der Waals surface area contributed by atoms with Gasteiger partial charge < -0.3 is 5.73 Å². The van der Waals surface area contributed by atoms with Gasteiger partial charge in [0.2, 0.25) is 10.0 Å². The minimum absolute atomic E-state index is 0.348. The largest absolute Gasteiger partial charge is 0.399 e. The number of sulfonamides is 1. The molecule has 1 aromatic rings. The third-order valence-electron chi connectivity index (χ3n) is 2.92. The van der Waals surface area contributed by atoms with Crippen molar-refractivity contribution in [2.75, 3.05) is 18.8 Å². The van der Waals surface area contributed by atoms with E-state index in [4.69, 9.17) is 5.73 Å². The predicted molar refractivity (Wildman–Crippen MR) is 75.0 cm³/mol. The van der Waals surface area contributed by atoms with Crippen LogP contribution in [0.5, 0.6) is 0 Å². The first-order chi connectivity index (χ1) is 8.47. The number of anilines is 1. The van der Waals surface area contributed by atoms with Gasteiger partial charge in [0, 0.05) is 18.8 Å². The highest BCUT2D eigenvalue weighted by molar-refractivity contribution is 7.89. The predicted octanol–water partition coefficient (Wildman–Crippen LogP) is 2.25. The van der Waals surface area contributed by atoms with Crippen LogP contribution in [0.4, 0.5) is 5.69 Å². The molecule has 1 aromatic carbocycles. The van der Waals surface area contributed by atoms with Gasteiger partial charge in [-0.1, -0.05) is 26.8 Å². The van der Waals surface area contributed by atoms with Gasteiger partial charge in [0.25, 0.3) is 0 Å². The molecule has 0 aliphatic heterocycles. The van der Waals surface area contributed by atoms with Crippen LogP contribution < -0.4 is 5.73 Å². The number of nitrogens with two attached hydrogens (primary N) is 1. The molecule has 0 unspecified atom stereocenters. The smallest absolute Gasteiger partial charge is 0.243 e. The van der Waals surface area contributed by atoms with Crippen LogP contribution in [0.25, 0.3) is 0 Å². The fourth-order valence-electron chi connectivity index (χ4n) is 1.94. The Hall–Kier alpha value is -1.07. The normalized spacial score (nSPS) is 12.0. The minimum atomic E-state index is -3.43. The summed E-state index contributed by atoms with van der Waals surface area (Å²) in [5, 5.41) is 0. The summed E-state index contributed by atoms with van der Waals surface area (Å²) < 4.78 is 26.6. The molecule has 0 fully saturated rings. The van der Waals surface area contributed by atoms with Gasteiger partial charge >= 0.3 is 0 Å². The SMILES string of the molecule is CCCN(CC)S(=O)(=O)c1cc(N)ccc1CC. The van der Waals surface area contributed by atoms with E-state index in [2.05, 4.69) is 0 Å². The van der Waals surface area contributed by atoms with Crippen molar-refractivity contribution in [3.05, 3.63) is 23.8 Å². The van der Waals surface area contributed by atoms with Gasteiger partial charge in [0.1, 0.15) is 0 Å². The van der Waals surface area contributed by atoms with Crippen LogP contribution in [-0.2, 0) is 16.4 Å². The summed E-state index contributed by atoms with van der Waals surface area (Å²) in [6.07, 6.45) is 1.48.